The van der Waals surface area contributed by atoms with E-state index in [9.17, 15) is 14.0 Å². The van der Waals surface area contributed by atoms with Crippen LogP contribution in [0.15, 0.2) is 18.2 Å². The number of rotatable bonds is 4. The topological polar surface area (TPSA) is 93.2 Å². The molecule has 2 amide bonds. The van der Waals surface area contributed by atoms with Crippen LogP contribution in [0.1, 0.15) is 29.5 Å². The van der Waals surface area contributed by atoms with Gasteiger partial charge in [-0.25, -0.2) is 9.37 Å². The predicted octanol–water partition coefficient (Wildman–Crippen LogP) is 1.78. The van der Waals surface area contributed by atoms with E-state index in [4.69, 9.17) is 17.3 Å². The minimum atomic E-state index is -0.843. The van der Waals surface area contributed by atoms with Crippen molar-refractivity contribution in [1.82, 2.24) is 19.8 Å². The second-order valence-electron chi connectivity index (χ2n) is 6.70. The smallest absolute Gasteiger partial charge is 0.272 e. The van der Waals surface area contributed by atoms with E-state index >= 15 is 0 Å². The summed E-state index contributed by atoms with van der Waals surface area (Å²) < 4.78 is 16.3. The maximum absolute atomic E-state index is 14.4. The average molecular weight is 394 g/mol. The van der Waals surface area contributed by atoms with Crippen LogP contribution in [-0.2, 0) is 17.9 Å². The number of hydrogen-bond donors (Lipinski definition) is 2. The molecule has 1 aliphatic heterocycles. The lowest BCUT2D eigenvalue weighted by Crippen LogP contribution is -2.42. The highest BCUT2D eigenvalue weighted by Gasteiger charge is 2.28. The van der Waals surface area contributed by atoms with E-state index in [2.05, 4.69) is 15.2 Å². The SMILES string of the molecule is C[C@H](NC(=O)c1nc(-c2cc(Cl)ccc2F)n2c1CN(C)CCC2)C(N)=O. The first kappa shape index (κ1) is 19.3. The van der Waals surface area contributed by atoms with Crippen molar-refractivity contribution >= 4 is 23.4 Å². The number of nitrogens with one attached hydrogen (secondary N) is 1. The number of nitrogens with two attached hydrogens (primary N) is 1. The summed E-state index contributed by atoms with van der Waals surface area (Å²) in [4.78, 5) is 30.5. The van der Waals surface area contributed by atoms with E-state index < -0.39 is 23.7 Å². The zero-order valence-electron chi connectivity index (χ0n) is 15.1. The van der Waals surface area contributed by atoms with Crippen LogP contribution in [0.4, 0.5) is 4.39 Å². The summed E-state index contributed by atoms with van der Waals surface area (Å²) in [5.74, 6) is -1.29. The van der Waals surface area contributed by atoms with Gasteiger partial charge in [-0.3, -0.25) is 9.59 Å². The van der Waals surface area contributed by atoms with Crippen LogP contribution in [0.25, 0.3) is 11.4 Å². The van der Waals surface area contributed by atoms with Crippen molar-refractivity contribution < 1.29 is 14.0 Å². The van der Waals surface area contributed by atoms with E-state index in [1.807, 2.05) is 11.6 Å². The van der Waals surface area contributed by atoms with E-state index in [1.54, 1.807) is 0 Å². The lowest BCUT2D eigenvalue weighted by molar-refractivity contribution is -0.119. The normalized spacial score (nSPS) is 15.7. The Morgan fingerprint density at radius 2 is 2.11 bits per heavy atom. The number of imidazole rings is 1. The van der Waals surface area contributed by atoms with Gasteiger partial charge in [0, 0.05) is 18.1 Å². The number of benzene rings is 1. The Morgan fingerprint density at radius 3 is 2.81 bits per heavy atom. The lowest BCUT2D eigenvalue weighted by atomic mass is 10.2. The Bertz CT molecular complexity index is 898. The third kappa shape index (κ3) is 3.96. The Kier molecular flexibility index (Phi) is 5.48. The molecule has 0 bridgehead atoms. The number of fused-ring (bicyclic) bond motifs is 1. The van der Waals surface area contributed by atoms with Gasteiger partial charge in [-0.15, -0.1) is 0 Å². The first-order chi connectivity index (χ1) is 12.8. The van der Waals surface area contributed by atoms with Gasteiger partial charge in [0.2, 0.25) is 5.91 Å². The first-order valence-electron chi connectivity index (χ1n) is 8.61. The van der Waals surface area contributed by atoms with Crippen LogP contribution in [0.5, 0.6) is 0 Å². The second kappa shape index (κ2) is 7.66. The van der Waals surface area contributed by atoms with Gasteiger partial charge in [0.15, 0.2) is 5.69 Å². The van der Waals surface area contributed by atoms with Crippen molar-refractivity contribution in [2.24, 2.45) is 5.73 Å². The lowest BCUT2D eigenvalue weighted by Gasteiger charge is -2.14. The zero-order valence-corrected chi connectivity index (χ0v) is 15.9. The van der Waals surface area contributed by atoms with E-state index in [0.717, 1.165) is 13.0 Å². The molecule has 0 radical (unpaired) electrons. The Labute approximate surface area is 161 Å². The quantitative estimate of drug-likeness (QED) is 0.828. The van der Waals surface area contributed by atoms with Gasteiger partial charge in [0.25, 0.3) is 5.91 Å². The summed E-state index contributed by atoms with van der Waals surface area (Å²) in [6, 6.07) is 3.39. The molecule has 2 heterocycles. The third-order valence-electron chi connectivity index (χ3n) is 4.57. The molecule has 144 valence electrons. The summed E-state index contributed by atoms with van der Waals surface area (Å²) in [6.45, 7) is 3.39. The molecule has 0 saturated heterocycles. The molecule has 0 aliphatic carbocycles. The van der Waals surface area contributed by atoms with Gasteiger partial charge in [0.1, 0.15) is 17.7 Å². The van der Waals surface area contributed by atoms with Gasteiger partial charge in [0.05, 0.1) is 11.3 Å². The van der Waals surface area contributed by atoms with E-state index in [-0.39, 0.29) is 11.3 Å². The minimum absolute atomic E-state index is 0.159. The number of nitrogens with zero attached hydrogens (tertiary/aromatic N) is 3. The number of carbonyl (C=O) groups excluding carboxylic acids is 2. The van der Waals surface area contributed by atoms with E-state index in [1.165, 1.54) is 25.1 Å². The number of primary amides is 1. The molecule has 1 aromatic carbocycles. The van der Waals surface area contributed by atoms with Crippen molar-refractivity contribution in [3.8, 4) is 11.4 Å². The first-order valence-corrected chi connectivity index (χ1v) is 8.99. The van der Waals surface area contributed by atoms with Crippen molar-refractivity contribution in [2.75, 3.05) is 13.6 Å². The molecule has 0 spiro atoms. The molecule has 7 nitrogen and oxygen atoms in total. The van der Waals surface area contributed by atoms with Crippen LogP contribution in [0.2, 0.25) is 5.02 Å². The molecule has 0 unspecified atom stereocenters. The number of halogens is 2. The van der Waals surface area contributed by atoms with Gasteiger partial charge >= 0.3 is 0 Å². The molecule has 2 aromatic rings. The maximum atomic E-state index is 14.4. The highest BCUT2D eigenvalue weighted by atomic mass is 35.5. The van der Waals surface area contributed by atoms with Crippen molar-refractivity contribution in [3.05, 3.63) is 40.4 Å². The molecule has 1 aliphatic rings. The van der Waals surface area contributed by atoms with Gasteiger partial charge in [-0.1, -0.05) is 11.6 Å². The molecule has 9 heteroatoms. The number of hydrogen-bond acceptors (Lipinski definition) is 4. The summed E-state index contributed by atoms with van der Waals surface area (Å²) in [5, 5.41) is 2.92. The maximum Gasteiger partial charge on any atom is 0.272 e. The fraction of sp³-hybridized carbons (Fsp3) is 0.389. The molecular formula is C18H21ClFN5O2. The number of aromatic nitrogens is 2. The van der Waals surface area contributed by atoms with Crippen LogP contribution < -0.4 is 11.1 Å². The van der Waals surface area contributed by atoms with Crippen molar-refractivity contribution in [2.45, 2.75) is 32.5 Å². The highest BCUT2D eigenvalue weighted by Crippen LogP contribution is 2.29. The number of carbonyl (C=O) groups is 2. The molecular weight excluding hydrogens is 373 g/mol. The zero-order chi connectivity index (χ0) is 19.7. The minimum Gasteiger partial charge on any atom is -0.368 e. The molecule has 1 aromatic heterocycles. The summed E-state index contributed by atoms with van der Waals surface area (Å²) in [6.07, 6.45) is 0.827. The molecule has 3 N–H and O–H groups in total. The Balaban J connectivity index is 2.11. The second-order valence-corrected chi connectivity index (χ2v) is 7.13. The number of amides is 2. The van der Waals surface area contributed by atoms with Gasteiger partial charge in [-0.05, 0) is 45.1 Å². The van der Waals surface area contributed by atoms with Gasteiger partial charge < -0.3 is 20.5 Å². The Hall–Kier alpha value is -2.45. The fourth-order valence-electron chi connectivity index (χ4n) is 3.11. The standard InChI is InChI=1S/C18H21ClFN5O2/c1-10(16(21)26)22-18(27)15-14-9-24(2)6-3-7-25(14)17(23-15)12-8-11(19)4-5-13(12)20/h4-5,8,10H,3,6-7,9H2,1-2H3,(H2,21,26)(H,22,27)/t10-/m0/s1. The molecule has 27 heavy (non-hydrogen) atoms. The van der Waals surface area contributed by atoms with Gasteiger partial charge in [-0.2, -0.15) is 0 Å². The van der Waals surface area contributed by atoms with Crippen molar-refractivity contribution in [1.29, 1.82) is 0 Å². The molecule has 0 saturated carbocycles. The summed E-state index contributed by atoms with van der Waals surface area (Å²) >= 11 is 6.04. The average Bonchev–Trinajstić information content (AvgIpc) is 2.83. The van der Waals surface area contributed by atoms with Crippen LogP contribution in [-0.4, -0.2) is 45.9 Å². The van der Waals surface area contributed by atoms with Crippen LogP contribution in [0, 0.1) is 5.82 Å². The third-order valence-corrected chi connectivity index (χ3v) is 4.81. The monoisotopic (exact) mass is 393 g/mol. The molecule has 0 fully saturated rings. The summed E-state index contributed by atoms with van der Waals surface area (Å²) in [7, 11) is 1.94. The highest BCUT2D eigenvalue weighted by molar-refractivity contribution is 6.30. The van der Waals surface area contributed by atoms with E-state index in [0.29, 0.717) is 29.6 Å². The van der Waals surface area contributed by atoms with Crippen molar-refractivity contribution in [3.63, 3.8) is 0 Å². The Morgan fingerprint density at radius 1 is 1.37 bits per heavy atom. The largest absolute Gasteiger partial charge is 0.368 e. The van der Waals surface area contributed by atoms with Crippen LogP contribution >= 0.6 is 11.6 Å². The summed E-state index contributed by atoms with van der Waals surface area (Å²) in [5.41, 5.74) is 6.28. The molecule has 1 atom stereocenters. The fourth-order valence-corrected chi connectivity index (χ4v) is 3.29. The predicted molar refractivity (Wildman–Crippen MR) is 99.7 cm³/mol. The molecule has 3 rings (SSSR count). The van der Waals surface area contributed by atoms with Crippen LogP contribution in [0.3, 0.4) is 0 Å².